The summed E-state index contributed by atoms with van der Waals surface area (Å²) < 4.78 is 12.2. The van der Waals surface area contributed by atoms with E-state index in [1.807, 2.05) is 54.6 Å². The lowest BCUT2D eigenvalue weighted by Crippen LogP contribution is -2.30. The third kappa shape index (κ3) is 4.22. The molecule has 5 nitrogen and oxygen atoms in total. The average molecular weight is 404 g/mol. The summed E-state index contributed by atoms with van der Waals surface area (Å²) in [5.74, 6) is 0.889. The van der Waals surface area contributed by atoms with Crippen LogP contribution in [-0.4, -0.2) is 24.1 Å². The van der Waals surface area contributed by atoms with Gasteiger partial charge in [0.1, 0.15) is 5.01 Å². The first-order valence-corrected chi connectivity index (χ1v) is 10.0. The number of amides is 1. The van der Waals surface area contributed by atoms with Crippen LogP contribution in [0.4, 0.5) is 5.69 Å². The highest BCUT2D eigenvalue weighted by molar-refractivity contribution is 7.21. The highest BCUT2D eigenvalue weighted by Crippen LogP contribution is 2.31. The SMILES string of the molecule is COc1ccccc1OC(C)C(=O)Nc1ccc(-c2nc3ccccc3s2)cc1. The van der Waals surface area contributed by atoms with Gasteiger partial charge in [-0.3, -0.25) is 4.79 Å². The first kappa shape index (κ1) is 19.0. The number of carbonyl (C=O) groups is 1. The molecule has 0 aliphatic carbocycles. The molecular weight excluding hydrogens is 384 g/mol. The molecular formula is C23H20N2O3S. The van der Waals surface area contributed by atoms with Gasteiger partial charge in [0, 0.05) is 11.3 Å². The van der Waals surface area contributed by atoms with Gasteiger partial charge in [0.15, 0.2) is 17.6 Å². The van der Waals surface area contributed by atoms with Crippen molar-refractivity contribution in [3.63, 3.8) is 0 Å². The van der Waals surface area contributed by atoms with E-state index in [0.717, 1.165) is 20.8 Å². The lowest BCUT2D eigenvalue weighted by Gasteiger charge is -2.16. The molecule has 1 atom stereocenters. The largest absolute Gasteiger partial charge is 0.493 e. The Hall–Kier alpha value is -3.38. The quantitative estimate of drug-likeness (QED) is 0.469. The minimum Gasteiger partial charge on any atom is -0.493 e. The maximum atomic E-state index is 12.5. The molecule has 1 amide bonds. The Labute approximate surface area is 172 Å². The Morgan fingerprint density at radius 3 is 2.38 bits per heavy atom. The average Bonchev–Trinajstić information content (AvgIpc) is 3.19. The van der Waals surface area contributed by atoms with E-state index in [-0.39, 0.29) is 5.91 Å². The predicted molar refractivity (Wildman–Crippen MR) is 117 cm³/mol. The van der Waals surface area contributed by atoms with Gasteiger partial charge in [0.25, 0.3) is 5.91 Å². The third-order valence-electron chi connectivity index (χ3n) is 4.44. The van der Waals surface area contributed by atoms with Gasteiger partial charge in [-0.05, 0) is 55.5 Å². The maximum absolute atomic E-state index is 12.5. The number of hydrogen-bond acceptors (Lipinski definition) is 5. The van der Waals surface area contributed by atoms with Crippen LogP contribution in [0.5, 0.6) is 11.5 Å². The lowest BCUT2D eigenvalue weighted by molar-refractivity contribution is -0.122. The van der Waals surface area contributed by atoms with Crippen molar-refractivity contribution in [3.8, 4) is 22.1 Å². The highest BCUT2D eigenvalue weighted by Gasteiger charge is 2.17. The number of carbonyl (C=O) groups excluding carboxylic acids is 1. The number of thiazole rings is 1. The summed E-state index contributed by atoms with van der Waals surface area (Å²) >= 11 is 1.65. The van der Waals surface area contributed by atoms with Gasteiger partial charge in [0.05, 0.1) is 17.3 Å². The maximum Gasteiger partial charge on any atom is 0.265 e. The Balaban J connectivity index is 1.43. The fraction of sp³-hybridized carbons (Fsp3) is 0.130. The summed E-state index contributed by atoms with van der Waals surface area (Å²) in [5, 5.41) is 3.84. The molecule has 6 heteroatoms. The number of hydrogen-bond donors (Lipinski definition) is 1. The van der Waals surface area contributed by atoms with Crippen molar-refractivity contribution >= 4 is 33.1 Å². The first-order valence-electron chi connectivity index (χ1n) is 9.20. The molecule has 29 heavy (non-hydrogen) atoms. The molecule has 3 aromatic carbocycles. The number of nitrogens with one attached hydrogen (secondary N) is 1. The summed E-state index contributed by atoms with van der Waals surface area (Å²) in [7, 11) is 1.57. The number of anilines is 1. The monoisotopic (exact) mass is 404 g/mol. The van der Waals surface area contributed by atoms with Gasteiger partial charge in [-0.15, -0.1) is 11.3 Å². The minimum absolute atomic E-state index is 0.233. The Morgan fingerprint density at radius 2 is 1.66 bits per heavy atom. The van der Waals surface area contributed by atoms with Gasteiger partial charge in [-0.2, -0.15) is 0 Å². The third-order valence-corrected chi connectivity index (χ3v) is 5.52. The second-order valence-electron chi connectivity index (χ2n) is 6.46. The van der Waals surface area contributed by atoms with Crippen LogP contribution in [0, 0.1) is 0 Å². The summed E-state index contributed by atoms with van der Waals surface area (Å²) in [6, 6.07) is 23.0. The van der Waals surface area contributed by atoms with Crippen molar-refractivity contribution in [2.24, 2.45) is 0 Å². The molecule has 0 spiro atoms. The van der Waals surface area contributed by atoms with E-state index in [1.54, 1.807) is 37.5 Å². The molecule has 0 bridgehead atoms. The molecule has 4 rings (SSSR count). The van der Waals surface area contributed by atoms with Crippen LogP contribution >= 0.6 is 11.3 Å². The molecule has 0 fully saturated rings. The molecule has 1 unspecified atom stereocenters. The minimum atomic E-state index is -0.671. The Bertz CT molecular complexity index is 1110. The molecule has 1 N–H and O–H groups in total. The van der Waals surface area contributed by atoms with Crippen LogP contribution in [0.2, 0.25) is 0 Å². The molecule has 0 saturated carbocycles. The number of methoxy groups -OCH3 is 1. The second kappa shape index (κ2) is 8.32. The standard InChI is InChI=1S/C23H20N2O3S/c1-15(28-20-9-5-4-8-19(20)27-2)22(26)24-17-13-11-16(12-14-17)23-25-18-7-3-6-10-21(18)29-23/h3-15H,1-2H3,(H,24,26). The number of para-hydroxylation sites is 3. The van der Waals surface area contributed by atoms with Crippen molar-refractivity contribution < 1.29 is 14.3 Å². The molecule has 1 aromatic heterocycles. The van der Waals surface area contributed by atoms with Gasteiger partial charge in [0.2, 0.25) is 0 Å². The summed E-state index contributed by atoms with van der Waals surface area (Å²) in [4.78, 5) is 17.2. The number of aromatic nitrogens is 1. The van der Waals surface area contributed by atoms with Crippen molar-refractivity contribution in [1.29, 1.82) is 0 Å². The summed E-state index contributed by atoms with van der Waals surface area (Å²) in [6.45, 7) is 1.71. The molecule has 0 radical (unpaired) electrons. The van der Waals surface area contributed by atoms with E-state index in [0.29, 0.717) is 17.2 Å². The Morgan fingerprint density at radius 1 is 0.966 bits per heavy atom. The number of rotatable bonds is 6. The molecule has 0 saturated heterocycles. The highest BCUT2D eigenvalue weighted by atomic mass is 32.1. The number of ether oxygens (including phenoxy) is 2. The van der Waals surface area contributed by atoms with Crippen molar-refractivity contribution in [2.45, 2.75) is 13.0 Å². The zero-order chi connectivity index (χ0) is 20.2. The van der Waals surface area contributed by atoms with Crippen LogP contribution < -0.4 is 14.8 Å². The topological polar surface area (TPSA) is 60.5 Å². The van der Waals surface area contributed by atoms with Gasteiger partial charge in [-0.25, -0.2) is 4.98 Å². The number of fused-ring (bicyclic) bond motifs is 1. The van der Waals surface area contributed by atoms with Crippen molar-refractivity contribution in [3.05, 3.63) is 72.8 Å². The molecule has 0 aliphatic rings. The zero-order valence-electron chi connectivity index (χ0n) is 16.1. The van der Waals surface area contributed by atoms with Gasteiger partial charge in [-0.1, -0.05) is 24.3 Å². The fourth-order valence-electron chi connectivity index (χ4n) is 2.90. The summed E-state index contributed by atoms with van der Waals surface area (Å²) in [6.07, 6.45) is -0.671. The normalized spacial score (nSPS) is 11.8. The smallest absolute Gasteiger partial charge is 0.265 e. The second-order valence-corrected chi connectivity index (χ2v) is 7.49. The van der Waals surface area contributed by atoms with Crippen LogP contribution in [0.15, 0.2) is 72.8 Å². The van der Waals surface area contributed by atoms with Crippen molar-refractivity contribution in [1.82, 2.24) is 4.98 Å². The Kier molecular flexibility index (Phi) is 5.44. The van der Waals surface area contributed by atoms with Gasteiger partial charge >= 0.3 is 0 Å². The lowest BCUT2D eigenvalue weighted by atomic mass is 10.2. The molecule has 146 valence electrons. The zero-order valence-corrected chi connectivity index (χ0v) is 16.9. The van der Waals surface area contributed by atoms with Crippen LogP contribution in [0.25, 0.3) is 20.8 Å². The molecule has 0 aliphatic heterocycles. The van der Waals surface area contributed by atoms with E-state index in [2.05, 4.69) is 16.4 Å². The van der Waals surface area contributed by atoms with Crippen molar-refractivity contribution in [2.75, 3.05) is 12.4 Å². The van der Waals surface area contributed by atoms with E-state index < -0.39 is 6.10 Å². The molecule has 1 heterocycles. The van der Waals surface area contributed by atoms with E-state index in [9.17, 15) is 4.79 Å². The summed E-state index contributed by atoms with van der Waals surface area (Å²) in [5.41, 5.74) is 2.71. The van der Waals surface area contributed by atoms with Gasteiger partial charge < -0.3 is 14.8 Å². The van der Waals surface area contributed by atoms with E-state index in [4.69, 9.17) is 9.47 Å². The van der Waals surface area contributed by atoms with E-state index in [1.165, 1.54) is 0 Å². The number of benzene rings is 3. The fourth-order valence-corrected chi connectivity index (χ4v) is 3.87. The number of nitrogens with zero attached hydrogens (tertiary/aromatic N) is 1. The van der Waals surface area contributed by atoms with Crippen LogP contribution in [0.3, 0.4) is 0 Å². The predicted octanol–water partition coefficient (Wildman–Crippen LogP) is 5.38. The van der Waals surface area contributed by atoms with Crippen LogP contribution in [-0.2, 0) is 4.79 Å². The van der Waals surface area contributed by atoms with Crippen LogP contribution in [0.1, 0.15) is 6.92 Å². The van der Waals surface area contributed by atoms with E-state index >= 15 is 0 Å². The first-order chi connectivity index (χ1) is 14.1. The molecule has 4 aromatic rings.